The van der Waals surface area contributed by atoms with Crippen LogP contribution in [0.2, 0.25) is 0 Å². The van der Waals surface area contributed by atoms with Gasteiger partial charge in [0.25, 0.3) is 0 Å². The molecule has 1 aliphatic heterocycles. The zero-order valence-corrected chi connectivity index (χ0v) is 27.1. The Morgan fingerprint density at radius 1 is 0.868 bits per heavy atom. The summed E-state index contributed by atoms with van der Waals surface area (Å²) in [5, 5.41) is 3.16. The molecule has 3 aromatic carbocycles. The van der Waals surface area contributed by atoms with Crippen LogP contribution in [-0.4, -0.2) is 44.2 Å². The fourth-order valence-corrected chi connectivity index (χ4v) is 4.63. The first-order valence-corrected chi connectivity index (χ1v) is 13.7. The molecule has 1 fully saturated rings. The van der Waals surface area contributed by atoms with Crippen LogP contribution < -0.4 is 5.32 Å². The Balaban J connectivity index is 0.00000218. The fourth-order valence-electron chi connectivity index (χ4n) is 4.63. The predicted octanol–water partition coefficient (Wildman–Crippen LogP) is 7.01. The Labute approximate surface area is 259 Å². The van der Waals surface area contributed by atoms with Crippen LogP contribution in [0.1, 0.15) is 63.0 Å². The van der Waals surface area contributed by atoms with E-state index in [1.807, 2.05) is 58.0 Å². The number of likely N-dealkylation sites (tertiary alicyclic amines) is 1. The maximum atomic E-state index is 12.3. The summed E-state index contributed by atoms with van der Waals surface area (Å²) in [6.45, 7) is 10.9. The molecule has 38 heavy (non-hydrogen) atoms. The SMILES string of the molecule is CC.CC.O=C(Cc1ccccc1)NCC1CCCN(C[B]C(c2ccccc2)c2ccccc2)C1.[CH3-].[Y]. The van der Waals surface area contributed by atoms with E-state index >= 15 is 0 Å². The van der Waals surface area contributed by atoms with Crippen molar-refractivity contribution in [2.75, 3.05) is 26.1 Å². The maximum absolute atomic E-state index is 12.3. The van der Waals surface area contributed by atoms with Gasteiger partial charge in [-0.3, -0.25) is 4.79 Å². The number of hydrogen-bond acceptors (Lipinski definition) is 2. The molecule has 0 bridgehead atoms. The van der Waals surface area contributed by atoms with E-state index in [4.69, 9.17) is 0 Å². The van der Waals surface area contributed by atoms with E-state index in [0.717, 1.165) is 31.6 Å². The van der Waals surface area contributed by atoms with Gasteiger partial charge in [0.2, 0.25) is 5.91 Å². The summed E-state index contributed by atoms with van der Waals surface area (Å²) in [4.78, 5) is 14.9. The van der Waals surface area contributed by atoms with Gasteiger partial charge in [0.1, 0.15) is 7.28 Å². The second-order valence-electron chi connectivity index (χ2n) is 8.77. The molecule has 1 N–H and O–H groups in total. The minimum Gasteiger partial charge on any atom is -0.358 e. The summed E-state index contributed by atoms with van der Waals surface area (Å²) >= 11 is 0. The molecule has 5 heteroatoms. The Bertz CT molecular complexity index is 917. The Morgan fingerprint density at radius 3 is 1.89 bits per heavy atom. The monoisotopic (exact) mass is 587 g/mol. The number of carbonyl (C=O) groups excluding carboxylic acids is 1. The van der Waals surface area contributed by atoms with Gasteiger partial charge in [0.15, 0.2) is 0 Å². The zero-order valence-electron chi connectivity index (χ0n) is 24.3. The number of carbonyl (C=O) groups is 1. The number of nitrogens with zero attached hydrogens (tertiary/aromatic N) is 1. The zero-order chi connectivity index (χ0) is 26.0. The van der Waals surface area contributed by atoms with E-state index in [1.165, 1.54) is 24.0 Å². The molecule has 4 rings (SSSR count). The van der Waals surface area contributed by atoms with Crippen molar-refractivity contribution in [1.82, 2.24) is 10.2 Å². The third kappa shape index (κ3) is 12.9. The van der Waals surface area contributed by atoms with Crippen molar-refractivity contribution >= 4 is 13.2 Å². The van der Waals surface area contributed by atoms with Gasteiger partial charge in [-0.05, 0) is 54.3 Å². The molecule has 1 saturated heterocycles. The van der Waals surface area contributed by atoms with Crippen LogP contribution in [0.15, 0.2) is 91.0 Å². The van der Waals surface area contributed by atoms with Crippen LogP contribution in [0.3, 0.4) is 0 Å². The van der Waals surface area contributed by atoms with Gasteiger partial charge in [-0.1, -0.05) is 119 Å². The molecule has 0 spiro atoms. The number of nitrogens with one attached hydrogen (secondary N) is 1. The van der Waals surface area contributed by atoms with Crippen molar-refractivity contribution in [1.29, 1.82) is 0 Å². The van der Waals surface area contributed by atoms with Crippen molar-refractivity contribution < 1.29 is 37.5 Å². The van der Waals surface area contributed by atoms with Crippen LogP contribution >= 0.6 is 0 Å². The van der Waals surface area contributed by atoms with Gasteiger partial charge < -0.3 is 17.6 Å². The molecule has 3 nitrogen and oxygen atoms in total. The molecular weight excluding hydrogens is 540 g/mol. The molecule has 1 atom stereocenters. The van der Waals surface area contributed by atoms with E-state index in [1.54, 1.807) is 0 Å². The topological polar surface area (TPSA) is 32.3 Å². The fraction of sp³-hybridized carbons (Fsp3) is 0.394. The van der Waals surface area contributed by atoms with Gasteiger partial charge in [0.05, 0.1) is 6.42 Å². The Hall–Kier alpha value is -1.74. The van der Waals surface area contributed by atoms with Gasteiger partial charge in [-0.2, -0.15) is 0 Å². The summed E-state index contributed by atoms with van der Waals surface area (Å²) in [7, 11) is 2.45. The molecule has 1 heterocycles. The smallest absolute Gasteiger partial charge is 0.224 e. The standard InChI is InChI=1S/C28H32BN2O.2C2H6.CH3.Y/c32-27(19-23-11-4-1-5-12-23)30-20-24-13-10-18-31(21-24)22-29-28(25-14-6-2-7-15-25)26-16-8-3-9-17-26;2*1-2;;/h1-9,11-12,14-17,24,28H,10,13,18-22H2,(H,30,32);2*1-2H3;1H3;/q;;;-1;. The predicted molar refractivity (Wildman–Crippen MR) is 162 cm³/mol. The van der Waals surface area contributed by atoms with Crippen LogP contribution in [0.4, 0.5) is 0 Å². The van der Waals surface area contributed by atoms with E-state index < -0.39 is 0 Å². The van der Waals surface area contributed by atoms with Crippen molar-refractivity contribution in [3.63, 3.8) is 0 Å². The third-order valence-corrected chi connectivity index (χ3v) is 6.32. The first-order valence-electron chi connectivity index (χ1n) is 13.7. The van der Waals surface area contributed by atoms with Crippen LogP contribution in [0, 0.1) is 13.3 Å². The van der Waals surface area contributed by atoms with E-state index in [2.05, 4.69) is 78.2 Å². The van der Waals surface area contributed by atoms with Gasteiger partial charge in [-0.25, -0.2) is 0 Å². The van der Waals surface area contributed by atoms with Crippen molar-refractivity contribution in [3.05, 3.63) is 115 Å². The van der Waals surface area contributed by atoms with Crippen molar-refractivity contribution in [3.8, 4) is 0 Å². The van der Waals surface area contributed by atoms with Gasteiger partial charge in [0, 0.05) is 45.8 Å². The summed E-state index contributed by atoms with van der Waals surface area (Å²) in [5.74, 6) is 0.931. The van der Waals surface area contributed by atoms with E-state index in [9.17, 15) is 4.79 Å². The number of rotatable bonds is 9. The minimum absolute atomic E-state index is 0. The average Bonchev–Trinajstić information content (AvgIpc) is 2.96. The number of piperidine rings is 1. The first kappa shape index (κ1) is 36.3. The number of hydrogen-bond donors (Lipinski definition) is 1. The van der Waals surface area contributed by atoms with Crippen LogP contribution in [-0.2, 0) is 43.9 Å². The number of amides is 1. The van der Waals surface area contributed by atoms with Crippen molar-refractivity contribution in [2.45, 2.75) is 52.8 Å². The second kappa shape index (κ2) is 22.1. The van der Waals surface area contributed by atoms with E-state index in [0.29, 0.717) is 18.2 Å². The average molecular weight is 587 g/mol. The minimum atomic E-state index is 0. The summed E-state index contributed by atoms with van der Waals surface area (Å²) in [5.41, 5.74) is 3.73. The molecule has 0 saturated carbocycles. The first-order chi connectivity index (χ1) is 17.8. The van der Waals surface area contributed by atoms with Crippen molar-refractivity contribution in [2.24, 2.45) is 5.92 Å². The molecule has 1 aliphatic rings. The quantitative estimate of drug-likeness (QED) is 0.216. The van der Waals surface area contributed by atoms with Gasteiger partial charge in [-0.15, -0.1) is 0 Å². The maximum Gasteiger partial charge on any atom is 0.224 e. The molecule has 2 radical (unpaired) electrons. The summed E-state index contributed by atoms with van der Waals surface area (Å²) in [6, 6.07) is 31.5. The largest absolute Gasteiger partial charge is 0.358 e. The number of benzene rings is 3. The molecule has 3 aromatic rings. The van der Waals surface area contributed by atoms with E-state index in [-0.39, 0.29) is 46.0 Å². The van der Waals surface area contributed by atoms with Crippen LogP contribution in [0.25, 0.3) is 0 Å². The summed E-state index contributed by atoms with van der Waals surface area (Å²) < 4.78 is 0. The normalized spacial score (nSPS) is 14.3. The molecule has 202 valence electrons. The summed E-state index contributed by atoms with van der Waals surface area (Å²) in [6.07, 6.45) is 3.79. The molecule has 0 aromatic heterocycles. The molecule has 1 amide bonds. The van der Waals surface area contributed by atoms with Crippen LogP contribution in [0.5, 0.6) is 0 Å². The Kier molecular flexibility index (Phi) is 21.1. The molecule has 0 aliphatic carbocycles. The van der Waals surface area contributed by atoms with Gasteiger partial charge >= 0.3 is 0 Å². The molecule has 1 unspecified atom stereocenters. The molecular formula is C33H47BN2OY-. The third-order valence-electron chi connectivity index (χ3n) is 6.32. The Morgan fingerprint density at radius 2 is 1.37 bits per heavy atom. The second-order valence-corrected chi connectivity index (χ2v) is 8.77.